The Bertz CT molecular complexity index is 116. The van der Waals surface area contributed by atoms with Crippen molar-refractivity contribution in [2.24, 2.45) is 11.8 Å². The van der Waals surface area contributed by atoms with E-state index in [9.17, 15) is 0 Å². The normalized spacial score (nSPS) is 13.0. The molecule has 2 atom stereocenters. The Morgan fingerprint density at radius 2 is 1.91 bits per heavy atom. The van der Waals surface area contributed by atoms with Crippen molar-refractivity contribution in [2.75, 3.05) is 0 Å². The summed E-state index contributed by atoms with van der Waals surface area (Å²) in [6.45, 7) is 8.37. The van der Waals surface area contributed by atoms with Gasteiger partial charge in [-0.1, -0.05) is 33.6 Å². The molecule has 11 heavy (non-hydrogen) atoms. The lowest BCUT2D eigenvalue weighted by molar-refractivity contribution is 0.448. The quantitative estimate of drug-likeness (QED) is 0.529. The molecule has 2 unspecified atom stereocenters. The predicted octanol–water partition coefficient (Wildman–Crippen LogP) is 3.29. The van der Waals surface area contributed by atoms with E-state index in [1.807, 2.05) is 0 Å². The molecule has 0 nitrogen and oxygen atoms in total. The van der Waals surface area contributed by atoms with Gasteiger partial charge in [0, 0.05) is 6.42 Å². The van der Waals surface area contributed by atoms with Crippen molar-refractivity contribution in [1.29, 1.82) is 0 Å². The molecule has 0 aromatic carbocycles. The molecule has 0 heterocycles. The summed E-state index contributed by atoms with van der Waals surface area (Å²) < 4.78 is 0. The highest BCUT2D eigenvalue weighted by molar-refractivity contribution is 4.83. The maximum Gasteiger partial charge on any atom is 0.00885 e. The van der Waals surface area contributed by atoms with E-state index in [0.29, 0.717) is 5.92 Å². The Labute approximate surface area is 71.4 Å². The van der Waals surface area contributed by atoms with E-state index in [0.717, 1.165) is 12.3 Å². The van der Waals surface area contributed by atoms with Gasteiger partial charge in [-0.3, -0.25) is 0 Å². The molecule has 0 amide bonds. The van der Waals surface area contributed by atoms with Crippen LogP contribution >= 0.6 is 0 Å². The molecule has 0 fully saturated rings. The van der Waals surface area contributed by atoms with Crippen LogP contribution in [0, 0.1) is 31.1 Å². The first kappa shape index (κ1) is 10.6. The van der Waals surface area contributed by atoms with Crippen LogP contribution in [0.25, 0.3) is 0 Å². The average molecular weight is 151 g/mol. The van der Waals surface area contributed by atoms with Gasteiger partial charge in [-0.25, -0.2) is 0 Å². The van der Waals surface area contributed by atoms with Crippen LogP contribution < -0.4 is 0 Å². The van der Waals surface area contributed by atoms with Crippen molar-refractivity contribution in [2.45, 2.75) is 39.5 Å². The molecule has 0 saturated carbocycles. The molecule has 0 aliphatic rings. The summed E-state index contributed by atoms with van der Waals surface area (Å²) in [5.74, 6) is 4.03. The largest absolute Gasteiger partial charge is 0.120 e. The summed E-state index contributed by atoms with van der Waals surface area (Å²) >= 11 is 0. The van der Waals surface area contributed by atoms with Gasteiger partial charge in [-0.15, -0.1) is 12.3 Å². The zero-order valence-electron chi connectivity index (χ0n) is 7.77. The number of rotatable bonds is 5. The zero-order valence-corrected chi connectivity index (χ0v) is 7.77. The van der Waals surface area contributed by atoms with E-state index in [4.69, 9.17) is 6.42 Å². The smallest absolute Gasteiger partial charge is 0.00885 e. The highest BCUT2D eigenvalue weighted by Crippen LogP contribution is 2.15. The van der Waals surface area contributed by atoms with Gasteiger partial charge in [0.25, 0.3) is 0 Å². The molecular formula is C11H19. The topological polar surface area (TPSA) is 0 Å². The fourth-order valence-corrected chi connectivity index (χ4v) is 1.04. The molecular weight excluding hydrogens is 132 g/mol. The van der Waals surface area contributed by atoms with Crippen molar-refractivity contribution in [3.05, 3.63) is 6.92 Å². The standard InChI is InChI=1S/C11H19/c1-5-6-7-11(4)9-8-10(2)3/h1,10-11H,2,6-9H2,3-4H3. The van der Waals surface area contributed by atoms with Gasteiger partial charge in [0.2, 0.25) is 0 Å². The fraction of sp³-hybridized carbons (Fsp3) is 0.727. The zero-order chi connectivity index (χ0) is 8.69. The summed E-state index contributed by atoms with van der Waals surface area (Å²) in [6, 6.07) is 0. The van der Waals surface area contributed by atoms with Gasteiger partial charge in [0.15, 0.2) is 0 Å². The van der Waals surface area contributed by atoms with Gasteiger partial charge in [-0.2, -0.15) is 0 Å². The Hall–Kier alpha value is -0.440. The van der Waals surface area contributed by atoms with Crippen LogP contribution in [0.4, 0.5) is 0 Å². The number of hydrogen-bond acceptors (Lipinski definition) is 0. The lowest BCUT2D eigenvalue weighted by Crippen LogP contribution is -1.97. The second-order valence-corrected chi connectivity index (χ2v) is 3.53. The van der Waals surface area contributed by atoms with Crippen molar-refractivity contribution in [3.63, 3.8) is 0 Å². The molecule has 0 aliphatic carbocycles. The third-order valence-corrected chi connectivity index (χ3v) is 1.93. The maximum atomic E-state index is 5.17. The first-order valence-corrected chi connectivity index (χ1v) is 4.43. The third-order valence-electron chi connectivity index (χ3n) is 1.93. The average Bonchev–Trinajstić information content (AvgIpc) is 1.97. The van der Waals surface area contributed by atoms with Crippen LogP contribution in [0.1, 0.15) is 39.5 Å². The Morgan fingerprint density at radius 1 is 1.27 bits per heavy atom. The predicted molar refractivity (Wildman–Crippen MR) is 51.0 cm³/mol. The minimum absolute atomic E-state index is 0.586. The lowest BCUT2D eigenvalue weighted by Gasteiger charge is -2.10. The van der Waals surface area contributed by atoms with Crippen LogP contribution in [-0.2, 0) is 0 Å². The molecule has 0 N–H and O–H groups in total. The van der Waals surface area contributed by atoms with Crippen molar-refractivity contribution < 1.29 is 0 Å². The third kappa shape index (κ3) is 7.46. The van der Waals surface area contributed by atoms with Crippen molar-refractivity contribution in [3.8, 4) is 12.3 Å². The molecule has 0 aliphatic heterocycles. The molecule has 0 rings (SSSR count). The van der Waals surface area contributed by atoms with Gasteiger partial charge in [-0.05, 0) is 18.3 Å². The van der Waals surface area contributed by atoms with E-state index in [1.165, 1.54) is 19.3 Å². The summed E-state index contributed by atoms with van der Waals surface area (Å²) in [6.07, 6.45) is 9.76. The maximum absolute atomic E-state index is 5.17. The molecule has 0 aromatic rings. The monoisotopic (exact) mass is 151 g/mol. The highest BCUT2D eigenvalue weighted by atomic mass is 14.1. The second kappa shape index (κ2) is 6.28. The number of terminal acetylenes is 1. The SMILES string of the molecule is C#CCCC(C)CCC([CH2])C. The van der Waals surface area contributed by atoms with Crippen LogP contribution in [0.3, 0.4) is 0 Å². The lowest BCUT2D eigenvalue weighted by atomic mass is 9.96. The van der Waals surface area contributed by atoms with Gasteiger partial charge < -0.3 is 0 Å². The van der Waals surface area contributed by atoms with E-state index in [1.54, 1.807) is 0 Å². The van der Waals surface area contributed by atoms with Crippen molar-refractivity contribution >= 4 is 0 Å². The first-order valence-electron chi connectivity index (χ1n) is 4.43. The van der Waals surface area contributed by atoms with Gasteiger partial charge in [0.1, 0.15) is 0 Å². The van der Waals surface area contributed by atoms with Crippen LogP contribution in [-0.4, -0.2) is 0 Å². The highest BCUT2D eigenvalue weighted by Gasteiger charge is 2.02. The minimum atomic E-state index is 0.586. The summed E-state index contributed by atoms with van der Waals surface area (Å²) in [7, 11) is 0. The van der Waals surface area contributed by atoms with Gasteiger partial charge >= 0.3 is 0 Å². The molecule has 0 aromatic heterocycles. The van der Waals surface area contributed by atoms with Crippen LogP contribution in [0.2, 0.25) is 0 Å². The van der Waals surface area contributed by atoms with E-state index in [-0.39, 0.29) is 0 Å². The van der Waals surface area contributed by atoms with E-state index < -0.39 is 0 Å². The summed E-state index contributed by atoms with van der Waals surface area (Å²) in [5.41, 5.74) is 0. The number of hydrogen-bond donors (Lipinski definition) is 0. The Balaban J connectivity index is 3.23. The van der Waals surface area contributed by atoms with Crippen LogP contribution in [0.15, 0.2) is 0 Å². The molecule has 0 heteroatoms. The Morgan fingerprint density at radius 3 is 2.36 bits per heavy atom. The summed E-state index contributed by atoms with van der Waals surface area (Å²) in [4.78, 5) is 0. The Kier molecular flexibility index (Phi) is 6.03. The summed E-state index contributed by atoms with van der Waals surface area (Å²) in [5, 5.41) is 0. The molecule has 0 bridgehead atoms. The van der Waals surface area contributed by atoms with Crippen LogP contribution in [0.5, 0.6) is 0 Å². The molecule has 0 saturated heterocycles. The molecule has 0 spiro atoms. The minimum Gasteiger partial charge on any atom is -0.120 e. The first-order chi connectivity index (χ1) is 5.16. The fourth-order valence-electron chi connectivity index (χ4n) is 1.04. The van der Waals surface area contributed by atoms with Gasteiger partial charge in [0.05, 0.1) is 0 Å². The van der Waals surface area contributed by atoms with E-state index >= 15 is 0 Å². The van der Waals surface area contributed by atoms with E-state index in [2.05, 4.69) is 26.7 Å². The molecule has 63 valence electrons. The molecule has 1 radical (unpaired) electrons. The second-order valence-electron chi connectivity index (χ2n) is 3.53. The van der Waals surface area contributed by atoms with Crippen molar-refractivity contribution in [1.82, 2.24) is 0 Å².